The summed E-state index contributed by atoms with van der Waals surface area (Å²) in [4.78, 5) is 36.6. The quantitative estimate of drug-likeness (QED) is 0.352. The largest absolute Gasteiger partial charge is 0.497 e. The number of aromatic nitrogens is 4. The summed E-state index contributed by atoms with van der Waals surface area (Å²) in [7, 11) is 3.22. The average Bonchev–Trinajstić information content (AvgIpc) is 3.32. The average molecular weight is 535 g/mol. The molecule has 0 bridgehead atoms. The molecule has 2 aromatic heterocycles. The molecule has 206 valence electrons. The highest BCUT2D eigenvalue weighted by Crippen LogP contribution is 2.25. The van der Waals surface area contributed by atoms with Crippen molar-refractivity contribution in [1.29, 1.82) is 0 Å². The van der Waals surface area contributed by atoms with E-state index in [1.807, 2.05) is 56.3 Å². The number of hydrogen-bond acceptors (Lipinski definition) is 8. The summed E-state index contributed by atoms with van der Waals surface area (Å²) in [5.41, 5.74) is 2.81. The highest BCUT2D eigenvalue weighted by molar-refractivity contribution is 5.74. The fraction of sp³-hybridized carbons (Fsp3) is 0.393. The van der Waals surface area contributed by atoms with Gasteiger partial charge in [0.15, 0.2) is 11.2 Å². The second kappa shape index (κ2) is 10.9. The van der Waals surface area contributed by atoms with Gasteiger partial charge in [-0.2, -0.15) is 4.98 Å². The Kier molecular flexibility index (Phi) is 7.34. The Labute approximate surface area is 225 Å². The lowest BCUT2D eigenvalue weighted by molar-refractivity contribution is 0.0936. The van der Waals surface area contributed by atoms with Crippen molar-refractivity contribution in [3.05, 3.63) is 74.4 Å². The van der Waals surface area contributed by atoms with Gasteiger partial charge >= 0.3 is 5.69 Å². The van der Waals surface area contributed by atoms with Crippen LogP contribution >= 0.6 is 0 Å². The number of imidazole rings is 1. The fourth-order valence-electron chi connectivity index (χ4n) is 4.85. The number of aryl methyl sites for hydroxylation is 3. The highest BCUT2D eigenvalue weighted by atomic mass is 16.5. The molecule has 1 fully saturated rings. The third-order valence-electron chi connectivity index (χ3n) is 7.30. The molecule has 1 aliphatic rings. The first kappa shape index (κ1) is 26.4. The molecule has 0 amide bonds. The van der Waals surface area contributed by atoms with Crippen molar-refractivity contribution >= 4 is 22.8 Å². The van der Waals surface area contributed by atoms with E-state index in [0.717, 1.165) is 35.7 Å². The maximum atomic E-state index is 12.9. The molecule has 4 aromatic rings. The van der Waals surface area contributed by atoms with Crippen molar-refractivity contribution in [3.8, 4) is 11.5 Å². The summed E-state index contributed by atoms with van der Waals surface area (Å²) >= 11 is 0. The summed E-state index contributed by atoms with van der Waals surface area (Å²) in [6, 6.07) is 13.7. The number of methoxy groups -OCH3 is 1. The van der Waals surface area contributed by atoms with Crippen LogP contribution in [0.25, 0.3) is 11.2 Å². The molecule has 2 N–H and O–H groups in total. The first-order valence-corrected chi connectivity index (χ1v) is 13.0. The number of benzene rings is 2. The van der Waals surface area contributed by atoms with Gasteiger partial charge in [0, 0.05) is 38.9 Å². The van der Waals surface area contributed by atoms with Crippen molar-refractivity contribution in [2.45, 2.75) is 26.5 Å². The molecule has 1 aliphatic heterocycles. The predicted molar refractivity (Wildman–Crippen MR) is 150 cm³/mol. The summed E-state index contributed by atoms with van der Waals surface area (Å²) in [6.07, 6.45) is -0.917. The van der Waals surface area contributed by atoms with Crippen molar-refractivity contribution in [1.82, 2.24) is 19.1 Å². The van der Waals surface area contributed by atoms with Crippen LogP contribution in [0.4, 0.5) is 11.6 Å². The van der Waals surface area contributed by atoms with Crippen LogP contribution in [-0.2, 0) is 13.6 Å². The zero-order chi connectivity index (χ0) is 27.7. The van der Waals surface area contributed by atoms with Crippen LogP contribution < -0.4 is 30.5 Å². The van der Waals surface area contributed by atoms with Crippen LogP contribution in [0.3, 0.4) is 0 Å². The third kappa shape index (κ3) is 5.35. The van der Waals surface area contributed by atoms with Crippen LogP contribution in [0.2, 0.25) is 0 Å². The minimum Gasteiger partial charge on any atom is -0.497 e. The highest BCUT2D eigenvalue weighted by Gasteiger charge is 2.26. The van der Waals surface area contributed by atoms with Gasteiger partial charge in [-0.05, 0) is 61.4 Å². The lowest BCUT2D eigenvalue weighted by Crippen LogP contribution is -2.47. The third-order valence-corrected chi connectivity index (χ3v) is 7.30. The number of piperazine rings is 1. The van der Waals surface area contributed by atoms with E-state index in [9.17, 15) is 14.7 Å². The lowest BCUT2D eigenvalue weighted by Gasteiger charge is -2.37. The van der Waals surface area contributed by atoms with Crippen molar-refractivity contribution < 1.29 is 14.6 Å². The molecule has 39 heavy (non-hydrogen) atoms. The number of fused-ring (bicyclic) bond motifs is 1. The Hall–Kier alpha value is -4.25. The van der Waals surface area contributed by atoms with Crippen LogP contribution in [0.1, 0.15) is 11.1 Å². The first-order valence-electron chi connectivity index (χ1n) is 13.0. The summed E-state index contributed by atoms with van der Waals surface area (Å²) in [5, 5.41) is 10.9. The zero-order valence-corrected chi connectivity index (χ0v) is 22.7. The van der Waals surface area contributed by atoms with Crippen molar-refractivity contribution in [2.75, 3.05) is 49.7 Å². The molecule has 1 saturated heterocycles. The summed E-state index contributed by atoms with van der Waals surface area (Å²) in [6.45, 7) is 6.93. The standard InChI is InChI=1S/C28H34N6O5/c1-18-5-8-23(15-19(18)2)39-17-21(35)16-34-24-25(31(3)28(37)30-26(24)36)29-27(34)33-13-11-32(12-14-33)20-6-9-22(38-4)10-7-20/h5-10,15,21,35H,11-14,16-17H2,1-4H3,(H,30,36,37). The molecular formula is C28H34N6O5. The van der Waals surface area contributed by atoms with Gasteiger partial charge in [-0.3, -0.25) is 14.3 Å². The molecule has 3 heterocycles. The van der Waals surface area contributed by atoms with E-state index >= 15 is 0 Å². The van der Waals surface area contributed by atoms with Crippen LogP contribution in [0.5, 0.6) is 11.5 Å². The van der Waals surface area contributed by atoms with Crippen LogP contribution in [-0.4, -0.2) is 70.2 Å². The van der Waals surface area contributed by atoms with E-state index in [1.165, 1.54) is 4.57 Å². The predicted octanol–water partition coefficient (Wildman–Crippen LogP) is 1.82. The molecule has 1 unspecified atom stereocenters. The zero-order valence-electron chi connectivity index (χ0n) is 22.7. The summed E-state index contributed by atoms with van der Waals surface area (Å²) in [5.74, 6) is 2.01. The molecule has 0 saturated carbocycles. The molecule has 1 atom stereocenters. The Morgan fingerprint density at radius 1 is 0.974 bits per heavy atom. The van der Waals surface area contributed by atoms with E-state index in [-0.39, 0.29) is 24.3 Å². The van der Waals surface area contributed by atoms with Gasteiger partial charge in [0.2, 0.25) is 5.95 Å². The number of aliphatic hydroxyl groups is 1. The van der Waals surface area contributed by atoms with Gasteiger partial charge < -0.3 is 28.9 Å². The molecule has 0 aliphatic carbocycles. The van der Waals surface area contributed by atoms with Crippen LogP contribution in [0, 0.1) is 13.8 Å². The molecule has 11 heteroatoms. The number of rotatable bonds is 8. The van der Waals surface area contributed by atoms with E-state index in [2.05, 4.69) is 14.8 Å². The van der Waals surface area contributed by atoms with Crippen molar-refractivity contribution in [2.24, 2.45) is 7.05 Å². The number of nitrogens with zero attached hydrogens (tertiary/aromatic N) is 5. The Morgan fingerprint density at radius 3 is 2.31 bits per heavy atom. The number of hydrogen-bond donors (Lipinski definition) is 2. The number of anilines is 2. The molecule has 5 rings (SSSR count). The number of aromatic amines is 1. The number of ether oxygens (including phenoxy) is 2. The number of nitrogens with one attached hydrogen (secondary N) is 1. The van der Waals surface area contributed by atoms with Gasteiger partial charge in [-0.1, -0.05) is 6.07 Å². The second-order valence-electron chi connectivity index (χ2n) is 9.90. The van der Waals surface area contributed by atoms with Crippen molar-refractivity contribution in [3.63, 3.8) is 0 Å². The Morgan fingerprint density at radius 2 is 1.64 bits per heavy atom. The maximum Gasteiger partial charge on any atom is 0.329 e. The minimum absolute atomic E-state index is 0.0382. The monoisotopic (exact) mass is 534 g/mol. The molecule has 11 nitrogen and oxygen atoms in total. The Balaban J connectivity index is 1.39. The minimum atomic E-state index is -0.917. The van der Waals surface area contributed by atoms with Crippen LogP contribution in [0.15, 0.2) is 52.1 Å². The number of H-pyrrole nitrogens is 1. The van der Waals surface area contributed by atoms with E-state index < -0.39 is 17.4 Å². The van der Waals surface area contributed by atoms with E-state index in [1.54, 1.807) is 18.7 Å². The molecular weight excluding hydrogens is 500 g/mol. The maximum absolute atomic E-state index is 12.9. The molecule has 2 aromatic carbocycles. The van der Waals surface area contributed by atoms with Gasteiger partial charge in [0.1, 0.15) is 24.2 Å². The topological polar surface area (TPSA) is 118 Å². The van der Waals surface area contributed by atoms with E-state index in [0.29, 0.717) is 24.8 Å². The first-order chi connectivity index (χ1) is 18.7. The normalized spacial score (nSPS) is 14.6. The smallest absolute Gasteiger partial charge is 0.329 e. The number of aliphatic hydroxyl groups excluding tert-OH is 1. The second-order valence-corrected chi connectivity index (χ2v) is 9.90. The van der Waals surface area contributed by atoms with Gasteiger partial charge in [-0.25, -0.2) is 4.79 Å². The molecule has 0 radical (unpaired) electrons. The lowest BCUT2D eigenvalue weighted by atomic mass is 10.1. The van der Waals surface area contributed by atoms with Gasteiger partial charge in [-0.15, -0.1) is 0 Å². The van der Waals surface area contributed by atoms with E-state index in [4.69, 9.17) is 14.5 Å². The Bertz CT molecular complexity index is 1580. The SMILES string of the molecule is COc1ccc(N2CCN(c3nc4c(c(=O)[nH]c(=O)n4C)n3CC(O)COc3ccc(C)c(C)c3)CC2)cc1. The summed E-state index contributed by atoms with van der Waals surface area (Å²) < 4.78 is 14.1. The fourth-order valence-corrected chi connectivity index (χ4v) is 4.85. The van der Waals surface area contributed by atoms with Gasteiger partial charge in [0.25, 0.3) is 5.56 Å². The molecule has 0 spiro atoms. The van der Waals surface area contributed by atoms with Gasteiger partial charge in [0.05, 0.1) is 13.7 Å².